The van der Waals surface area contributed by atoms with Crippen LogP contribution in [0.25, 0.3) is 0 Å². The Morgan fingerprint density at radius 3 is 2.87 bits per heavy atom. The number of hydrazone groups is 1. The maximum Gasteiger partial charge on any atom is 0.335 e. The first-order valence-electron chi connectivity index (χ1n) is 8.18. The molecule has 122 valence electrons. The van der Waals surface area contributed by atoms with Crippen molar-refractivity contribution in [2.75, 3.05) is 11.4 Å². The molecule has 2 heterocycles. The quantitative estimate of drug-likeness (QED) is 0.894. The number of carbonyl (C=O) groups is 2. The molecule has 0 spiro atoms. The number of anilines is 1. The van der Waals surface area contributed by atoms with E-state index in [0.29, 0.717) is 6.42 Å². The molecule has 23 heavy (non-hydrogen) atoms. The molecule has 2 aliphatic heterocycles. The van der Waals surface area contributed by atoms with Gasteiger partial charge >= 0.3 is 6.03 Å². The number of carbonyl (C=O) groups excluding carboxylic acids is 2. The molecule has 0 radical (unpaired) electrons. The van der Waals surface area contributed by atoms with E-state index in [9.17, 15) is 9.59 Å². The summed E-state index contributed by atoms with van der Waals surface area (Å²) in [4.78, 5) is 25.7. The Hall–Kier alpha value is -2.37. The Balaban J connectivity index is 2.06. The van der Waals surface area contributed by atoms with Crippen molar-refractivity contribution in [3.63, 3.8) is 0 Å². The fraction of sp³-hybridized carbons (Fsp3) is 0.471. The summed E-state index contributed by atoms with van der Waals surface area (Å²) in [6, 6.07) is 5.55. The Bertz CT molecular complexity index is 669. The lowest BCUT2D eigenvalue weighted by Gasteiger charge is -2.33. The van der Waals surface area contributed by atoms with E-state index in [0.717, 1.165) is 42.8 Å². The van der Waals surface area contributed by atoms with Crippen molar-refractivity contribution in [2.45, 2.75) is 45.6 Å². The van der Waals surface area contributed by atoms with E-state index in [4.69, 9.17) is 0 Å². The number of hydrogen-bond acceptors (Lipinski definition) is 3. The number of aryl methyl sites for hydroxylation is 1. The van der Waals surface area contributed by atoms with E-state index in [1.165, 1.54) is 5.56 Å². The zero-order chi connectivity index (χ0) is 16.4. The van der Waals surface area contributed by atoms with Crippen molar-refractivity contribution < 1.29 is 9.59 Å². The number of fused-ring (bicyclic) bond motifs is 1. The molecule has 6 nitrogen and oxygen atoms in total. The first-order valence-corrected chi connectivity index (χ1v) is 8.18. The first kappa shape index (κ1) is 15.5. The molecular formula is C17H22N4O2. The summed E-state index contributed by atoms with van der Waals surface area (Å²) < 4.78 is 0. The van der Waals surface area contributed by atoms with Gasteiger partial charge in [0.15, 0.2) is 0 Å². The van der Waals surface area contributed by atoms with Crippen LogP contribution in [-0.4, -0.2) is 30.2 Å². The zero-order valence-electron chi connectivity index (χ0n) is 13.6. The van der Waals surface area contributed by atoms with Crippen LogP contribution in [0.15, 0.2) is 23.3 Å². The van der Waals surface area contributed by atoms with Crippen molar-refractivity contribution >= 4 is 23.3 Å². The molecule has 1 unspecified atom stereocenters. The van der Waals surface area contributed by atoms with E-state index < -0.39 is 0 Å². The van der Waals surface area contributed by atoms with E-state index in [2.05, 4.69) is 28.8 Å². The lowest BCUT2D eigenvalue weighted by molar-refractivity contribution is -0.118. The van der Waals surface area contributed by atoms with Crippen molar-refractivity contribution in [2.24, 2.45) is 5.10 Å². The van der Waals surface area contributed by atoms with Gasteiger partial charge in [-0.3, -0.25) is 4.79 Å². The summed E-state index contributed by atoms with van der Waals surface area (Å²) in [6.45, 7) is 4.74. The minimum absolute atomic E-state index is 0.166. The fourth-order valence-corrected chi connectivity index (χ4v) is 3.17. The summed E-state index contributed by atoms with van der Waals surface area (Å²) in [6.07, 6.45) is 3.32. The Morgan fingerprint density at radius 1 is 1.30 bits per heavy atom. The molecule has 6 heteroatoms. The van der Waals surface area contributed by atoms with Gasteiger partial charge in [-0.05, 0) is 25.3 Å². The maximum atomic E-state index is 12.4. The number of hydrogen-bond donors (Lipinski definition) is 2. The van der Waals surface area contributed by atoms with Crippen LogP contribution >= 0.6 is 0 Å². The van der Waals surface area contributed by atoms with Crippen LogP contribution < -0.4 is 15.6 Å². The Morgan fingerprint density at radius 2 is 2.13 bits per heavy atom. The zero-order valence-corrected chi connectivity index (χ0v) is 13.6. The van der Waals surface area contributed by atoms with Crippen LogP contribution in [0.1, 0.15) is 44.2 Å². The standard InChI is InChI=1S/C17H22N4O2/c1-3-4-10-21-14(22)9-8-12-6-5-7-13(16(12)21)15-11(2)18-17(23)20-19-15/h5-7,11H,3-4,8-10H2,1-2H3,(H2,18,20,23). The SMILES string of the molecule is CCCCN1C(=O)CCc2cccc(C3=NNC(=O)NC3C)c21. The number of amides is 3. The average Bonchev–Trinajstić information content (AvgIpc) is 2.54. The van der Waals surface area contributed by atoms with Gasteiger partial charge in [0.05, 0.1) is 17.4 Å². The monoisotopic (exact) mass is 314 g/mol. The largest absolute Gasteiger partial charge is 0.335 e. The molecule has 3 amide bonds. The van der Waals surface area contributed by atoms with Gasteiger partial charge in [0.1, 0.15) is 0 Å². The highest BCUT2D eigenvalue weighted by atomic mass is 16.2. The minimum Gasteiger partial charge on any atom is -0.328 e. The van der Waals surface area contributed by atoms with Gasteiger partial charge in [0, 0.05) is 18.5 Å². The van der Waals surface area contributed by atoms with E-state index in [1.807, 2.05) is 24.0 Å². The van der Waals surface area contributed by atoms with Crippen LogP contribution in [0.4, 0.5) is 10.5 Å². The average molecular weight is 314 g/mol. The number of urea groups is 1. The number of rotatable bonds is 4. The molecule has 3 rings (SSSR count). The second-order valence-corrected chi connectivity index (χ2v) is 6.02. The highest BCUT2D eigenvalue weighted by molar-refractivity contribution is 6.14. The minimum atomic E-state index is -0.301. The fourth-order valence-electron chi connectivity index (χ4n) is 3.17. The highest BCUT2D eigenvalue weighted by Crippen LogP contribution is 2.33. The van der Waals surface area contributed by atoms with Gasteiger partial charge in [-0.25, -0.2) is 10.2 Å². The smallest absolute Gasteiger partial charge is 0.328 e. The molecule has 2 aliphatic rings. The van der Waals surface area contributed by atoms with Crippen LogP contribution in [-0.2, 0) is 11.2 Å². The number of para-hydroxylation sites is 1. The third kappa shape index (κ3) is 2.93. The normalized spacial score (nSPS) is 20.5. The molecular weight excluding hydrogens is 292 g/mol. The molecule has 0 saturated heterocycles. The number of nitrogens with one attached hydrogen (secondary N) is 2. The number of benzene rings is 1. The molecule has 0 aliphatic carbocycles. The van der Waals surface area contributed by atoms with Crippen molar-refractivity contribution in [1.82, 2.24) is 10.7 Å². The Kier molecular flexibility index (Phi) is 4.32. The van der Waals surface area contributed by atoms with E-state index in [1.54, 1.807) is 0 Å². The van der Waals surface area contributed by atoms with Gasteiger partial charge in [-0.2, -0.15) is 5.10 Å². The number of nitrogens with zero attached hydrogens (tertiary/aromatic N) is 2. The van der Waals surface area contributed by atoms with Crippen molar-refractivity contribution in [3.8, 4) is 0 Å². The maximum absolute atomic E-state index is 12.4. The van der Waals surface area contributed by atoms with Crippen LogP contribution in [0.3, 0.4) is 0 Å². The highest BCUT2D eigenvalue weighted by Gasteiger charge is 2.30. The molecule has 1 aromatic rings. The van der Waals surface area contributed by atoms with Crippen molar-refractivity contribution in [1.29, 1.82) is 0 Å². The third-order valence-electron chi connectivity index (χ3n) is 4.35. The summed E-state index contributed by atoms with van der Waals surface area (Å²) in [7, 11) is 0. The van der Waals surface area contributed by atoms with Crippen LogP contribution in [0.5, 0.6) is 0 Å². The third-order valence-corrected chi connectivity index (χ3v) is 4.35. The van der Waals surface area contributed by atoms with Gasteiger partial charge < -0.3 is 10.2 Å². The van der Waals surface area contributed by atoms with E-state index >= 15 is 0 Å². The topological polar surface area (TPSA) is 73.8 Å². The molecule has 0 fully saturated rings. The first-order chi connectivity index (χ1) is 11.1. The second kappa shape index (κ2) is 6.40. The van der Waals surface area contributed by atoms with E-state index in [-0.39, 0.29) is 18.0 Å². The predicted molar refractivity (Wildman–Crippen MR) is 89.7 cm³/mol. The van der Waals surface area contributed by atoms with Gasteiger partial charge in [-0.15, -0.1) is 0 Å². The molecule has 2 N–H and O–H groups in total. The molecule has 1 atom stereocenters. The summed E-state index contributed by atoms with van der Waals surface area (Å²) >= 11 is 0. The molecule has 1 aromatic carbocycles. The van der Waals surface area contributed by atoms with Crippen LogP contribution in [0, 0.1) is 0 Å². The summed E-state index contributed by atoms with van der Waals surface area (Å²) in [5.74, 6) is 0.166. The lowest BCUT2D eigenvalue weighted by Crippen LogP contribution is -2.49. The molecule has 0 saturated carbocycles. The molecule has 0 aromatic heterocycles. The lowest BCUT2D eigenvalue weighted by atomic mass is 9.92. The second-order valence-electron chi connectivity index (χ2n) is 6.02. The van der Waals surface area contributed by atoms with Crippen LogP contribution in [0.2, 0.25) is 0 Å². The summed E-state index contributed by atoms with van der Waals surface area (Å²) in [5.41, 5.74) is 6.29. The van der Waals surface area contributed by atoms with Crippen molar-refractivity contribution in [3.05, 3.63) is 29.3 Å². The summed E-state index contributed by atoms with van der Waals surface area (Å²) in [5, 5.41) is 7.05. The van der Waals surface area contributed by atoms with Gasteiger partial charge in [0.25, 0.3) is 0 Å². The molecule has 0 bridgehead atoms. The van der Waals surface area contributed by atoms with Gasteiger partial charge in [-0.1, -0.05) is 31.5 Å². The number of unbranched alkanes of at least 4 members (excludes halogenated alkanes) is 1. The Labute approximate surface area is 135 Å². The van der Waals surface area contributed by atoms with Gasteiger partial charge in [0.2, 0.25) is 5.91 Å². The predicted octanol–water partition coefficient (Wildman–Crippen LogP) is 2.17.